The van der Waals surface area contributed by atoms with Crippen LogP contribution in [0.4, 0.5) is 5.95 Å². The van der Waals surface area contributed by atoms with E-state index in [9.17, 15) is 0 Å². The fraction of sp³-hybridized carbons (Fsp3) is 0.0741. The predicted molar refractivity (Wildman–Crippen MR) is 139 cm³/mol. The fourth-order valence-electron chi connectivity index (χ4n) is 3.53. The number of benzene rings is 4. The van der Waals surface area contributed by atoms with Gasteiger partial charge in [0.15, 0.2) is 0 Å². The zero-order chi connectivity index (χ0) is 22.7. The maximum absolute atomic E-state index is 3.95. The van der Waals surface area contributed by atoms with Gasteiger partial charge in [-0.1, -0.05) is 84.9 Å². The van der Waals surface area contributed by atoms with Gasteiger partial charge in [0, 0.05) is 6.54 Å². The van der Waals surface area contributed by atoms with Gasteiger partial charge in [0.2, 0.25) is 0 Å². The van der Waals surface area contributed by atoms with E-state index < -0.39 is 7.92 Å². The molecule has 0 saturated heterocycles. The second-order valence-corrected chi connectivity index (χ2v) is 9.80. The Hall–Kier alpha value is -3.08. The summed E-state index contributed by atoms with van der Waals surface area (Å²) in [4.78, 5) is 0. The molecular weight excluding hydrogens is 622 g/mol. The van der Waals surface area contributed by atoms with E-state index >= 15 is 0 Å². The van der Waals surface area contributed by atoms with Crippen LogP contribution in [0.25, 0.3) is 5.32 Å². The number of tetrazole rings is 1. The first-order valence-electron chi connectivity index (χ1n) is 10.8. The van der Waals surface area contributed by atoms with Crippen molar-refractivity contribution in [1.82, 2.24) is 20.2 Å². The molecule has 0 aliphatic carbocycles. The molecule has 174 valence electrons. The quantitative estimate of drug-likeness (QED) is 0.201. The Morgan fingerprint density at radius 2 is 1.06 bits per heavy atom. The van der Waals surface area contributed by atoms with Crippen LogP contribution in [0.2, 0.25) is 0 Å². The van der Waals surface area contributed by atoms with Crippen LogP contribution >= 0.6 is 7.92 Å². The molecule has 0 aliphatic heterocycles. The Balaban J connectivity index is 0.000000193. The zero-order valence-corrected chi connectivity index (χ0v) is 22.0. The minimum atomic E-state index is -0.877. The molecule has 0 amide bonds. The summed E-state index contributed by atoms with van der Waals surface area (Å²) < 4.78 is 1.66. The molecule has 5 rings (SSSR count). The topological polar surface area (TPSA) is 57.7 Å². The standard InChI is InChI=1S/C18H15P.C9H10N5.Au/c1-4-10-16(11-5-1)19(17-12-6-2-7-13-17)18-14-8-3-9-15-18;1-10-9-11-12-13-14(9)7-8-5-3-2-4-6-8;/h1-15H;2-6H,7H2,1H3;/q;-1;+1/p+1. The molecule has 0 N–H and O–H groups in total. The summed E-state index contributed by atoms with van der Waals surface area (Å²) in [5.74, 6) is 0.550. The molecule has 34 heavy (non-hydrogen) atoms. The van der Waals surface area contributed by atoms with Gasteiger partial charge in [-0.05, 0) is 49.0 Å². The van der Waals surface area contributed by atoms with Crippen LogP contribution in [0, 0.1) is 0 Å². The van der Waals surface area contributed by atoms with Crippen molar-refractivity contribution < 1.29 is 22.4 Å². The molecular formula is C27H26AuN5P+. The Morgan fingerprint density at radius 1 is 0.647 bits per heavy atom. The molecule has 5 aromatic rings. The minimum absolute atomic E-state index is 0. The first kappa shape index (κ1) is 25.5. The van der Waals surface area contributed by atoms with Gasteiger partial charge in [-0.3, -0.25) is 5.10 Å². The van der Waals surface area contributed by atoms with Crippen LogP contribution in [0.15, 0.2) is 121 Å². The summed E-state index contributed by atoms with van der Waals surface area (Å²) in [7, 11) is 0.796. The summed E-state index contributed by atoms with van der Waals surface area (Å²) in [5, 5.41) is 19.4. The maximum atomic E-state index is 3.95. The molecule has 5 nitrogen and oxygen atoms in total. The van der Waals surface area contributed by atoms with Gasteiger partial charge in [0.25, 0.3) is 0 Å². The van der Waals surface area contributed by atoms with Crippen LogP contribution in [-0.2, 0) is 28.9 Å². The van der Waals surface area contributed by atoms with Crippen LogP contribution in [0.3, 0.4) is 0 Å². The normalized spacial score (nSPS) is 10.1. The van der Waals surface area contributed by atoms with Crippen LogP contribution in [-0.4, -0.2) is 27.3 Å². The molecule has 1 heterocycles. The fourth-order valence-corrected chi connectivity index (χ4v) is 6.11. The van der Waals surface area contributed by atoms with Crippen molar-refractivity contribution in [2.45, 2.75) is 6.54 Å². The second kappa shape index (κ2) is 13.6. The van der Waals surface area contributed by atoms with Crippen LogP contribution < -0.4 is 15.9 Å². The van der Waals surface area contributed by atoms with Gasteiger partial charge in [0.1, 0.15) is 15.9 Å². The average molecular weight is 648 g/mol. The van der Waals surface area contributed by atoms with Gasteiger partial charge in [-0.25, -0.2) is 0 Å². The maximum Gasteiger partial charge on any atom is 1.00 e. The van der Waals surface area contributed by atoms with E-state index in [1.165, 1.54) is 15.9 Å². The Kier molecular flexibility index (Phi) is 10.2. The Labute approximate surface area is 217 Å². The van der Waals surface area contributed by atoms with E-state index in [0.29, 0.717) is 12.5 Å². The molecule has 0 radical (unpaired) electrons. The molecule has 0 spiro atoms. The summed E-state index contributed by atoms with van der Waals surface area (Å²) in [6, 6.07) is 42.5. The zero-order valence-electron chi connectivity index (χ0n) is 18.8. The average Bonchev–Trinajstić information content (AvgIpc) is 3.34. The number of rotatable bonds is 6. The molecule has 0 unspecified atom stereocenters. The summed E-state index contributed by atoms with van der Waals surface area (Å²) in [6.45, 7) is 0.653. The molecule has 7 heteroatoms. The second-order valence-electron chi connectivity index (χ2n) is 7.32. The smallest absolute Gasteiger partial charge is 0.395 e. The predicted octanol–water partition coefficient (Wildman–Crippen LogP) is 4.53. The van der Waals surface area contributed by atoms with Crippen LogP contribution in [0.5, 0.6) is 0 Å². The van der Waals surface area contributed by atoms with Crippen molar-refractivity contribution in [1.29, 1.82) is 0 Å². The summed E-state index contributed by atoms with van der Waals surface area (Å²) >= 11 is 0. The van der Waals surface area contributed by atoms with E-state index in [1.807, 2.05) is 30.3 Å². The number of hydrogen-bond acceptors (Lipinski definition) is 3. The van der Waals surface area contributed by atoms with Gasteiger partial charge in [-0.2, -0.15) is 0 Å². The molecule has 0 atom stereocenters. The number of aromatic nitrogens is 4. The van der Waals surface area contributed by atoms with E-state index in [4.69, 9.17) is 0 Å². The minimum Gasteiger partial charge on any atom is -0.395 e. The van der Waals surface area contributed by atoms with Gasteiger partial charge in [-0.15, -0.1) is 10.4 Å². The number of nitrogens with zero attached hydrogens (tertiary/aromatic N) is 5. The molecule has 1 aromatic heterocycles. The van der Waals surface area contributed by atoms with Gasteiger partial charge < -0.3 is 10.00 Å². The van der Waals surface area contributed by atoms with E-state index in [1.54, 1.807) is 11.7 Å². The monoisotopic (exact) mass is 648 g/mol. The van der Waals surface area contributed by atoms with E-state index in [0.717, 1.165) is 5.56 Å². The third-order valence-corrected chi connectivity index (χ3v) is 7.81. The first-order chi connectivity index (χ1) is 16.3. The summed E-state index contributed by atoms with van der Waals surface area (Å²) in [6.07, 6.45) is 0. The first-order valence-corrected chi connectivity index (χ1v) is 12.3. The van der Waals surface area contributed by atoms with Crippen molar-refractivity contribution >= 4 is 29.8 Å². The largest absolute Gasteiger partial charge is 1.00 e. The van der Waals surface area contributed by atoms with Crippen molar-refractivity contribution in [2.75, 3.05) is 7.05 Å². The van der Waals surface area contributed by atoms with Crippen molar-refractivity contribution in [3.8, 4) is 0 Å². The van der Waals surface area contributed by atoms with Crippen molar-refractivity contribution in [3.63, 3.8) is 0 Å². The SMILES string of the molecule is C[N-]c1nnnn1Cc1ccccc1.[Au+].c1ccc([PH+](c2ccccc2)c2ccccc2)cc1. The molecule has 0 fully saturated rings. The molecule has 4 aromatic carbocycles. The van der Waals surface area contributed by atoms with Crippen molar-refractivity contribution in [3.05, 3.63) is 132 Å². The van der Waals surface area contributed by atoms with Crippen LogP contribution in [0.1, 0.15) is 5.56 Å². The Morgan fingerprint density at radius 3 is 1.47 bits per heavy atom. The van der Waals surface area contributed by atoms with Gasteiger partial charge >= 0.3 is 22.4 Å². The third-order valence-electron chi connectivity index (χ3n) is 5.08. The van der Waals surface area contributed by atoms with E-state index in [-0.39, 0.29) is 22.4 Å². The molecule has 0 saturated carbocycles. The molecule has 0 aliphatic rings. The molecule has 0 bridgehead atoms. The number of hydrogen-bond donors (Lipinski definition) is 0. The Bertz CT molecular complexity index is 1130. The third kappa shape index (κ3) is 6.96. The van der Waals surface area contributed by atoms with Gasteiger partial charge in [0.05, 0.1) is 13.9 Å². The summed E-state index contributed by atoms with van der Waals surface area (Å²) in [5.41, 5.74) is 1.16. The van der Waals surface area contributed by atoms with Crippen molar-refractivity contribution in [2.24, 2.45) is 0 Å². The van der Waals surface area contributed by atoms with E-state index in [2.05, 4.69) is 112 Å².